The van der Waals surface area contributed by atoms with Gasteiger partial charge >= 0.3 is 0 Å². The average molecular weight is 477 g/mol. The Kier molecular flexibility index (Phi) is 5.58. The number of hydrogen-bond donors (Lipinski definition) is 2. The normalized spacial score (nSPS) is 15.1. The number of hydrogen-bond acceptors (Lipinski definition) is 5. The fourth-order valence-electron chi connectivity index (χ4n) is 3.78. The third-order valence-corrected chi connectivity index (χ3v) is 6.05. The first-order valence-electron chi connectivity index (χ1n) is 10.2. The van der Waals surface area contributed by atoms with Crippen LogP contribution >= 0.6 is 23.2 Å². The summed E-state index contributed by atoms with van der Waals surface area (Å²) >= 11 is 12.3. The van der Waals surface area contributed by atoms with Gasteiger partial charge < -0.3 is 10.6 Å². The van der Waals surface area contributed by atoms with Gasteiger partial charge in [0.1, 0.15) is 6.04 Å². The summed E-state index contributed by atoms with van der Waals surface area (Å²) in [5, 5.41) is 11.8. The molecule has 2 N–H and O–H groups in total. The average Bonchev–Trinajstić information content (AvgIpc) is 3.24. The van der Waals surface area contributed by atoms with Crippen molar-refractivity contribution in [2.45, 2.75) is 13.0 Å². The van der Waals surface area contributed by atoms with Crippen LogP contribution in [0.15, 0.2) is 84.3 Å². The van der Waals surface area contributed by atoms with Gasteiger partial charge in [0.05, 0.1) is 27.5 Å². The summed E-state index contributed by atoms with van der Waals surface area (Å²) in [6.07, 6.45) is 3.26. The lowest BCUT2D eigenvalue weighted by Gasteiger charge is -2.28. The molecule has 2 aromatic heterocycles. The molecule has 1 atom stereocenters. The minimum Gasteiger partial charge on any atom is -0.328 e. The monoisotopic (exact) mass is 476 g/mol. The zero-order chi connectivity index (χ0) is 22.9. The van der Waals surface area contributed by atoms with Crippen molar-refractivity contribution in [3.8, 4) is 11.4 Å². The predicted octanol–water partition coefficient (Wildman–Crippen LogP) is 5.57. The Labute approximate surface area is 200 Å². The molecule has 4 aromatic rings. The van der Waals surface area contributed by atoms with Crippen molar-refractivity contribution in [1.29, 1.82) is 0 Å². The van der Waals surface area contributed by atoms with Crippen LogP contribution in [-0.2, 0) is 4.79 Å². The number of carbonyl (C=O) groups excluding carboxylic acids is 1. The molecule has 1 amide bonds. The number of pyridine rings is 1. The molecular weight excluding hydrogens is 459 g/mol. The van der Waals surface area contributed by atoms with Gasteiger partial charge in [0.25, 0.3) is 5.91 Å². The summed E-state index contributed by atoms with van der Waals surface area (Å²) in [5.74, 6) is 0.748. The highest BCUT2D eigenvalue weighted by Gasteiger charge is 2.34. The van der Waals surface area contributed by atoms with Crippen LogP contribution in [0.25, 0.3) is 11.4 Å². The van der Waals surface area contributed by atoms with Crippen molar-refractivity contribution in [1.82, 2.24) is 19.7 Å². The van der Waals surface area contributed by atoms with Gasteiger partial charge in [0.15, 0.2) is 5.82 Å². The summed E-state index contributed by atoms with van der Waals surface area (Å²) in [6.45, 7) is 1.85. The SMILES string of the molecule is CC1=C(C(=O)Nc2cccnc2)C(c2ccccc2)n2nc(-c3ccc(Cl)c(Cl)c3)nc2N1. The number of rotatable bonds is 4. The van der Waals surface area contributed by atoms with Gasteiger partial charge in [0, 0.05) is 17.5 Å². The lowest BCUT2D eigenvalue weighted by atomic mass is 9.95. The quantitative estimate of drug-likeness (QED) is 0.401. The van der Waals surface area contributed by atoms with Crippen molar-refractivity contribution < 1.29 is 4.79 Å². The molecule has 0 bridgehead atoms. The van der Waals surface area contributed by atoms with E-state index in [1.54, 1.807) is 41.3 Å². The smallest absolute Gasteiger partial charge is 0.255 e. The first-order chi connectivity index (χ1) is 16.0. The summed E-state index contributed by atoms with van der Waals surface area (Å²) in [7, 11) is 0. The van der Waals surface area contributed by atoms with Gasteiger partial charge in [-0.1, -0.05) is 53.5 Å². The van der Waals surface area contributed by atoms with Crippen LogP contribution in [0.3, 0.4) is 0 Å². The number of nitrogens with zero attached hydrogens (tertiary/aromatic N) is 4. The largest absolute Gasteiger partial charge is 0.328 e. The molecule has 0 fully saturated rings. The van der Waals surface area contributed by atoms with E-state index >= 15 is 0 Å². The number of anilines is 2. The van der Waals surface area contributed by atoms with E-state index < -0.39 is 6.04 Å². The summed E-state index contributed by atoms with van der Waals surface area (Å²) in [6, 6.07) is 18.0. The fraction of sp³-hybridized carbons (Fsp3) is 0.0833. The molecule has 164 valence electrons. The maximum Gasteiger partial charge on any atom is 0.255 e. The Morgan fingerprint density at radius 2 is 1.88 bits per heavy atom. The second-order valence-electron chi connectivity index (χ2n) is 7.51. The fourth-order valence-corrected chi connectivity index (χ4v) is 4.08. The number of halogens is 2. The van der Waals surface area contributed by atoms with E-state index in [0.717, 1.165) is 11.1 Å². The van der Waals surface area contributed by atoms with Crippen molar-refractivity contribution in [3.63, 3.8) is 0 Å². The molecule has 9 heteroatoms. The van der Waals surface area contributed by atoms with Crippen LogP contribution in [0.1, 0.15) is 18.5 Å². The molecule has 0 spiro atoms. The summed E-state index contributed by atoms with van der Waals surface area (Å²) < 4.78 is 1.72. The molecule has 0 aliphatic carbocycles. The topological polar surface area (TPSA) is 84.7 Å². The Bertz CT molecular complexity index is 1370. The van der Waals surface area contributed by atoms with Crippen LogP contribution < -0.4 is 10.6 Å². The number of amides is 1. The molecule has 1 unspecified atom stereocenters. The van der Waals surface area contributed by atoms with E-state index in [-0.39, 0.29) is 5.91 Å². The number of benzene rings is 2. The first kappa shape index (κ1) is 21.2. The first-order valence-corrected chi connectivity index (χ1v) is 10.9. The summed E-state index contributed by atoms with van der Waals surface area (Å²) in [5.41, 5.74) is 3.45. The number of carbonyl (C=O) groups is 1. The van der Waals surface area contributed by atoms with Crippen LogP contribution in [0.5, 0.6) is 0 Å². The van der Waals surface area contributed by atoms with Gasteiger partial charge in [-0.3, -0.25) is 9.78 Å². The molecule has 0 saturated heterocycles. The number of aromatic nitrogens is 4. The Morgan fingerprint density at radius 1 is 1.06 bits per heavy atom. The standard InChI is InChI=1S/C24H18Cl2N6O/c1-14-20(23(33)29-17-8-5-11-27-13-17)21(15-6-3-2-4-7-15)32-24(28-14)30-22(31-32)16-9-10-18(25)19(26)12-16/h2-13,21H,1H3,(H,29,33)(H,28,30,31). The maximum absolute atomic E-state index is 13.4. The number of fused-ring (bicyclic) bond motifs is 1. The molecule has 3 heterocycles. The highest BCUT2D eigenvalue weighted by molar-refractivity contribution is 6.42. The van der Waals surface area contributed by atoms with Gasteiger partial charge in [-0.15, -0.1) is 5.10 Å². The van der Waals surface area contributed by atoms with Gasteiger partial charge in [-0.05, 0) is 42.8 Å². The third kappa shape index (κ3) is 4.08. The second kappa shape index (κ2) is 8.69. The Morgan fingerprint density at radius 3 is 2.61 bits per heavy atom. The molecule has 0 saturated carbocycles. The second-order valence-corrected chi connectivity index (χ2v) is 8.32. The number of allylic oxidation sites excluding steroid dienone is 1. The van der Waals surface area contributed by atoms with Crippen molar-refractivity contribution in [2.24, 2.45) is 0 Å². The third-order valence-electron chi connectivity index (χ3n) is 5.31. The number of nitrogens with one attached hydrogen (secondary N) is 2. The lowest BCUT2D eigenvalue weighted by molar-refractivity contribution is -0.113. The van der Waals surface area contributed by atoms with Gasteiger partial charge in [-0.2, -0.15) is 4.98 Å². The zero-order valence-corrected chi connectivity index (χ0v) is 19.0. The minimum atomic E-state index is -0.483. The van der Waals surface area contributed by atoms with Crippen LogP contribution in [0, 0.1) is 0 Å². The highest BCUT2D eigenvalue weighted by Crippen LogP contribution is 2.37. The van der Waals surface area contributed by atoms with E-state index in [9.17, 15) is 4.79 Å². The van der Waals surface area contributed by atoms with E-state index in [1.165, 1.54) is 0 Å². The van der Waals surface area contributed by atoms with E-state index in [1.807, 2.05) is 43.3 Å². The summed E-state index contributed by atoms with van der Waals surface area (Å²) in [4.78, 5) is 22.1. The van der Waals surface area contributed by atoms with Crippen LogP contribution in [-0.4, -0.2) is 25.7 Å². The lowest BCUT2D eigenvalue weighted by Crippen LogP contribution is -2.31. The van der Waals surface area contributed by atoms with E-state index in [4.69, 9.17) is 28.3 Å². The molecule has 33 heavy (non-hydrogen) atoms. The molecule has 5 rings (SSSR count). The van der Waals surface area contributed by atoms with Crippen LogP contribution in [0.2, 0.25) is 10.0 Å². The molecule has 2 aromatic carbocycles. The Balaban J connectivity index is 1.59. The maximum atomic E-state index is 13.4. The Hall–Kier alpha value is -3.68. The van der Waals surface area contributed by atoms with Crippen molar-refractivity contribution in [3.05, 3.63) is 99.9 Å². The van der Waals surface area contributed by atoms with Crippen molar-refractivity contribution >= 4 is 40.7 Å². The molecule has 1 aliphatic rings. The van der Waals surface area contributed by atoms with Gasteiger partial charge in [-0.25, -0.2) is 4.68 Å². The molecular formula is C24H18Cl2N6O. The molecule has 0 radical (unpaired) electrons. The predicted molar refractivity (Wildman–Crippen MR) is 129 cm³/mol. The van der Waals surface area contributed by atoms with Crippen molar-refractivity contribution in [2.75, 3.05) is 10.6 Å². The minimum absolute atomic E-state index is 0.251. The molecule has 1 aliphatic heterocycles. The van der Waals surface area contributed by atoms with Gasteiger partial charge in [0.2, 0.25) is 5.95 Å². The molecule has 7 nitrogen and oxygen atoms in total. The van der Waals surface area contributed by atoms with E-state index in [0.29, 0.717) is 38.8 Å². The van der Waals surface area contributed by atoms with E-state index in [2.05, 4.69) is 20.6 Å². The zero-order valence-electron chi connectivity index (χ0n) is 17.5. The van der Waals surface area contributed by atoms with Crippen LogP contribution in [0.4, 0.5) is 11.6 Å². The highest BCUT2D eigenvalue weighted by atomic mass is 35.5.